The zero-order valence-electron chi connectivity index (χ0n) is 10.6. The Morgan fingerprint density at radius 3 is 2.53 bits per heavy atom. The second-order valence-corrected chi connectivity index (χ2v) is 4.77. The van der Waals surface area contributed by atoms with Crippen LogP contribution >= 0.6 is 11.6 Å². The average Bonchev–Trinajstić information content (AvgIpc) is 2.42. The standard InChI is InChI=1S/C15H15ClN2O/c1-10-7-8-13(12(16)9-10)18-15(19)14(17)11-5-3-2-4-6-11/h2-9,14H,17H2,1H3,(H,18,19). The smallest absolute Gasteiger partial charge is 0.245 e. The van der Waals surface area contributed by atoms with Crippen molar-refractivity contribution in [2.75, 3.05) is 5.32 Å². The lowest BCUT2D eigenvalue weighted by molar-refractivity contribution is -0.117. The highest BCUT2D eigenvalue weighted by atomic mass is 35.5. The third-order valence-electron chi connectivity index (χ3n) is 2.82. The topological polar surface area (TPSA) is 55.1 Å². The van der Waals surface area contributed by atoms with Gasteiger partial charge in [0.25, 0.3) is 0 Å². The Kier molecular flexibility index (Phi) is 4.20. The highest BCUT2D eigenvalue weighted by molar-refractivity contribution is 6.33. The van der Waals surface area contributed by atoms with Gasteiger partial charge >= 0.3 is 0 Å². The van der Waals surface area contributed by atoms with Gasteiger partial charge in [0.15, 0.2) is 0 Å². The zero-order valence-corrected chi connectivity index (χ0v) is 11.3. The van der Waals surface area contributed by atoms with E-state index in [0.717, 1.165) is 11.1 Å². The fourth-order valence-electron chi connectivity index (χ4n) is 1.74. The van der Waals surface area contributed by atoms with E-state index in [2.05, 4.69) is 5.32 Å². The largest absolute Gasteiger partial charge is 0.323 e. The molecule has 0 heterocycles. The van der Waals surface area contributed by atoms with Gasteiger partial charge in [0.05, 0.1) is 10.7 Å². The zero-order chi connectivity index (χ0) is 13.8. The summed E-state index contributed by atoms with van der Waals surface area (Å²) in [5.41, 5.74) is 8.29. The first-order valence-electron chi connectivity index (χ1n) is 5.95. The van der Waals surface area contributed by atoms with Gasteiger partial charge in [0.2, 0.25) is 5.91 Å². The number of hydrogen-bond acceptors (Lipinski definition) is 2. The minimum Gasteiger partial charge on any atom is -0.323 e. The SMILES string of the molecule is Cc1ccc(NC(=O)C(N)c2ccccc2)c(Cl)c1. The molecular formula is C15H15ClN2O. The molecule has 19 heavy (non-hydrogen) atoms. The quantitative estimate of drug-likeness (QED) is 0.902. The van der Waals surface area contributed by atoms with Crippen molar-refractivity contribution in [3.8, 4) is 0 Å². The Bertz CT molecular complexity index is 584. The molecule has 3 nitrogen and oxygen atoms in total. The molecule has 0 aliphatic rings. The first kappa shape index (κ1) is 13.6. The lowest BCUT2D eigenvalue weighted by Crippen LogP contribution is -2.27. The number of amides is 1. The molecular weight excluding hydrogens is 260 g/mol. The molecule has 3 N–H and O–H groups in total. The molecule has 0 spiro atoms. The maximum atomic E-state index is 12.1. The van der Waals surface area contributed by atoms with E-state index in [9.17, 15) is 4.79 Å². The number of aryl methyl sites for hydroxylation is 1. The van der Waals surface area contributed by atoms with Gasteiger partial charge in [-0.05, 0) is 30.2 Å². The molecule has 0 aliphatic heterocycles. The molecule has 0 bridgehead atoms. The Labute approximate surface area is 117 Å². The van der Waals surface area contributed by atoms with Gasteiger partial charge in [0, 0.05) is 0 Å². The number of benzene rings is 2. The summed E-state index contributed by atoms with van der Waals surface area (Å²) in [6, 6.07) is 14.0. The molecule has 1 atom stereocenters. The summed E-state index contributed by atoms with van der Waals surface area (Å²) in [5, 5.41) is 3.25. The molecule has 2 aromatic carbocycles. The van der Waals surface area contributed by atoms with Crippen LogP contribution in [0.4, 0.5) is 5.69 Å². The molecule has 0 aliphatic carbocycles. The van der Waals surface area contributed by atoms with Crippen LogP contribution in [0.3, 0.4) is 0 Å². The predicted molar refractivity (Wildman–Crippen MR) is 78.2 cm³/mol. The number of anilines is 1. The van der Waals surface area contributed by atoms with E-state index in [0.29, 0.717) is 10.7 Å². The summed E-state index contributed by atoms with van der Waals surface area (Å²) >= 11 is 6.07. The fraction of sp³-hybridized carbons (Fsp3) is 0.133. The van der Waals surface area contributed by atoms with Crippen molar-refractivity contribution >= 4 is 23.2 Å². The van der Waals surface area contributed by atoms with Gasteiger partial charge < -0.3 is 11.1 Å². The molecule has 2 rings (SSSR count). The number of nitrogens with one attached hydrogen (secondary N) is 1. The van der Waals surface area contributed by atoms with Gasteiger partial charge in [-0.25, -0.2) is 0 Å². The molecule has 2 aromatic rings. The summed E-state index contributed by atoms with van der Waals surface area (Å²) < 4.78 is 0. The normalized spacial score (nSPS) is 11.9. The number of nitrogens with two attached hydrogens (primary N) is 1. The van der Waals surface area contributed by atoms with Crippen LogP contribution in [-0.4, -0.2) is 5.91 Å². The van der Waals surface area contributed by atoms with E-state index in [-0.39, 0.29) is 5.91 Å². The van der Waals surface area contributed by atoms with Gasteiger partial charge in [-0.3, -0.25) is 4.79 Å². The minimum atomic E-state index is -0.710. The second kappa shape index (κ2) is 5.87. The highest BCUT2D eigenvalue weighted by Crippen LogP contribution is 2.23. The molecule has 4 heteroatoms. The monoisotopic (exact) mass is 274 g/mol. The molecule has 0 aromatic heterocycles. The Morgan fingerprint density at radius 2 is 1.89 bits per heavy atom. The van der Waals surface area contributed by atoms with Gasteiger partial charge in [-0.2, -0.15) is 0 Å². The van der Waals surface area contributed by atoms with Crippen LogP contribution in [0.25, 0.3) is 0 Å². The summed E-state index contributed by atoms with van der Waals surface area (Å²) in [4.78, 5) is 12.1. The number of rotatable bonds is 3. The van der Waals surface area contributed by atoms with Crippen LogP contribution in [0.5, 0.6) is 0 Å². The van der Waals surface area contributed by atoms with Crippen molar-refractivity contribution < 1.29 is 4.79 Å². The molecule has 1 amide bonds. The van der Waals surface area contributed by atoms with Gasteiger partial charge in [-0.1, -0.05) is 48.0 Å². The van der Waals surface area contributed by atoms with Crippen molar-refractivity contribution in [1.29, 1.82) is 0 Å². The fourth-order valence-corrected chi connectivity index (χ4v) is 2.03. The third-order valence-corrected chi connectivity index (χ3v) is 3.14. The lowest BCUT2D eigenvalue weighted by atomic mass is 10.1. The Balaban J connectivity index is 2.13. The van der Waals surface area contributed by atoms with Crippen molar-refractivity contribution in [3.05, 3.63) is 64.7 Å². The van der Waals surface area contributed by atoms with Crippen molar-refractivity contribution in [2.45, 2.75) is 13.0 Å². The van der Waals surface area contributed by atoms with Gasteiger partial charge in [-0.15, -0.1) is 0 Å². The van der Waals surface area contributed by atoms with E-state index in [1.54, 1.807) is 12.1 Å². The first-order valence-corrected chi connectivity index (χ1v) is 6.33. The number of carbonyl (C=O) groups is 1. The second-order valence-electron chi connectivity index (χ2n) is 4.36. The first-order chi connectivity index (χ1) is 9.08. The van der Waals surface area contributed by atoms with Crippen molar-refractivity contribution in [1.82, 2.24) is 0 Å². The molecule has 0 fully saturated rings. The molecule has 1 unspecified atom stereocenters. The summed E-state index contributed by atoms with van der Waals surface area (Å²) in [6.45, 7) is 1.94. The third kappa shape index (κ3) is 3.34. The Morgan fingerprint density at radius 1 is 1.21 bits per heavy atom. The van der Waals surface area contributed by atoms with Crippen LogP contribution in [0.2, 0.25) is 5.02 Å². The van der Waals surface area contributed by atoms with Crippen LogP contribution in [0.1, 0.15) is 17.2 Å². The van der Waals surface area contributed by atoms with E-state index < -0.39 is 6.04 Å². The predicted octanol–water partition coefficient (Wildman–Crippen LogP) is 3.29. The summed E-state index contributed by atoms with van der Waals surface area (Å²) in [7, 11) is 0. The lowest BCUT2D eigenvalue weighted by Gasteiger charge is -2.13. The Hall–Kier alpha value is -1.84. The van der Waals surface area contributed by atoms with Crippen LogP contribution in [0.15, 0.2) is 48.5 Å². The van der Waals surface area contributed by atoms with Gasteiger partial charge in [0.1, 0.15) is 6.04 Å². The van der Waals surface area contributed by atoms with Crippen LogP contribution < -0.4 is 11.1 Å². The van der Waals surface area contributed by atoms with Crippen molar-refractivity contribution in [2.24, 2.45) is 5.73 Å². The average molecular weight is 275 g/mol. The van der Waals surface area contributed by atoms with E-state index in [1.807, 2.05) is 43.3 Å². The molecule has 0 radical (unpaired) electrons. The minimum absolute atomic E-state index is 0.281. The summed E-state index contributed by atoms with van der Waals surface area (Å²) in [6.07, 6.45) is 0. The number of halogens is 1. The number of carbonyl (C=O) groups excluding carboxylic acids is 1. The highest BCUT2D eigenvalue weighted by Gasteiger charge is 2.16. The number of hydrogen-bond donors (Lipinski definition) is 2. The molecule has 0 saturated carbocycles. The van der Waals surface area contributed by atoms with E-state index in [1.165, 1.54) is 0 Å². The van der Waals surface area contributed by atoms with Crippen molar-refractivity contribution in [3.63, 3.8) is 0 Å². The summed E-state index contributed by atoms with van der Waals surface area (Å²) in [5.74, 6) is -0.281. The van der Waals surface area contributed by atoms with E-state index >= 15 is 0 Å². The molecule has 0 saturated heterocycles. The van der Waals surface area contributed by atoms with Crippen LogP contribution in [-0.2, 0) is 4.79 Å². The van der Waals surface area contributed by atoms with E-state index in [4.69, 9.17) is 17.3 Å². The van der Waals surface area contributed by atoms with Crippen LogP contribution in [0, 0.1) is 6.92 Å². The molecule has 98 valence electrons. The maximum absolute atomic E-state index is 12.1. The maximum Gasteiger partial charge on any atom is 0.245 e.